The Morgan fingerprint density at radius 1 is 1.25 bits per heavy atom. The maximum absolute atomic E-state index is 13.4. The Morgan fingerprint density at radius 3 is 2.64 bits per heavy atom. The highest BCUT2D eigenvalue weighted by atomic mass is 19.1. The summed E-state index contributed by atoms with van der Waals surface area (Å²) in [4.78, 5) is 14.7. The van der Waals surface area contributed by atoms with Crippen molar-refractivity contribution < 1.29 is 9.13 Å². The lowest BCUT2D eigenvalue weighted by molar-refractivity contribution is 0.0214. The second-order valence-corrected chi connectivity index (χ2v) is 7.84. The number of aromatic nitrogens is 1. The van der Waals surface area contributed by atoms with E-state index < -0.39 is 0 Å². The molecule has 4 rings (SSSR count). The smallest absolute Gasteiger partial charge is 0.255 e. The Balaban J connectivity index is 1.58. The summed E-state index contributed by atoms with van der Waals surface area (Å²) in [6.07, 6.45) is 4.12. The zero-order valence-corrected chi connectivity index (χ0v) is 16.2. The van der Waals surface area contributed by atoms with Gasteiger partial charge in [-0.2, -0.15) is 0 Å². The molecule has 1 aliphatic carbocycles. The molecule has 3 aromatic rings. The fraction of sp³-hybridized carbons (Fsp3) is 0.348. The first-order valence-electron chi connectivity index (χ1n) is 9.73. The molecule has 3 N–H and O–H groups in total. The first-order valence-corrected chi connectivity index (χ1v) is 9.73. The van der Waals surface area contributed by atoms with Gasteiger partial charge in [-0.05, 0) is 73.0 Å². The van der Waals surface area contributed by atoms with E-state index >= 15 is 0 Å². The molecule has 0 spiro atoms. The molecule has 146 valence electrons. The summed E-state index contributed by atoms with van der Waals surface area (Å²) in [5, 5.41) is 1.52. The number of hydrogen-bond donors (Lipinski definition) is 2. The lowest BCUT2D eigenvalue weighted by atomic mass is 9.58. The number of aryl methyl sites for hydroxylation is 1. The standard InChI is InChI=1S/C23H25FN2O2/c1-3-21(25)23(16-4-6-17(24)7-5-16)12-18(13-23)28-20-11-15-8-9-26-22(27)19(15)10-14(20)2/h4-11,18,21H,3,12-13,25H2,1-2H3,(H,26,27). The van der Waals surface area contributed by atoms with E-state index in [0.717, 1.165) is 41.5 Å². The minimum absolute atomic E-state index is 0.00549. The highest BCUT2D eigenvalue weighted by Gasteiger charge is 2.50. The van der Waals surface area contributed by atoms with Crippen molar-refractivity contribution in [1.29, 1.82) is 0 Å². The Kier molecular flexibility index (Phi) is 4.71. The predicted molar refractivity (Wildman–Crippen MR) is 109 cm³/mol. The third-order valence-electron chi connectivity index (χ3n) is 6.12. The lowest BCUT2D eigenvalue weighted by Crippen LogP contribution is -2.57. The van der Waals surface area contributed by atoms with E-state index in [9.17, 15) is 9.18 Å². The highest BCUT2D eigenvalue weighted by Crippen LogP contribution is 2.48. The Bertz CT molecular complexity index is 1050. The van der Waals surface area contributed by atoms with Gasteiger partial charge in [-0.25, -0.2) is 4.39 Å². The average Bonchev–Trinajstić information content (AvgIpc) is 2.66. The fourth-order valence-corrected chi connectivity index (χ4v) is 4.39. The number of rotatable bonds is 5. The molecule has 1 heterocycles. The largest absolute Gasteiger partial charge is 0.490 e. The molecule has 0 aliphatic heterocycles. The second kappa shape index (κ2) is 7.06. The van der Waals surface area contributed by atoms with Crippen LogP contribution in [0.25, 0.3) is 10.8 Å². The number of halogens is 1. The first-order chi connectivity index (χ1) is 13.4. The van der Waals surface area contributed by atoms with Crippen LogP contribution >= 0.6 is 0 Å². The summed E-state index contributed by atoms with van der Waals surface area (Å²) >= 11 is 0. The Labute approximate surface area is 163 Å². The van der Waals surface area contributed by atoms with Crippen molar-refractivity contribution in [2.24, 2.45) is 5.73 Å². The number of benzene rings is 2. The van der Waals surface area contributed by atoms with Gasteiger partial charge >= 0.3 is 0 Å². The van der Waals surface area contributed by atoms with Crippen LogP contribution in [0, 0.1) is 12.7 Å². The highest BCUT2D eigenvalue weighted by molar-refractivity contribution is 5.83. The van der Waals surface area contributed by atoms with Gasteiger partial charge in [0.1, 0.15) is 17.7 Å². The van der Waals surface area contributed by atoms with Crippen LogP contribution in [-0.2, 0) is 5.41 Å². The van der Waals surface area contributed by atoms with Crippen molar-refractivity contribution in [3.63, 3.8) is 0 Å². The van der Waals surface area contributed by atoms with Crippen molar-refractivity contribution in [2.75, 3.05) is 0 Å². The monoisotopic (exact) mass is 380 g/mol. The van der Waals surface area contributed by atoms with Crippen molar-refractivity contribution >= 4 is 10.8 Å². The SMILES string of the molecule is CCC(N)C1(c2ccc(F)cc2)CC(Oc2cc3cc[nH]c(=O)c3cc2C)C1. The fourth-order valence-electron chi connectivity index (χ4n) is 4.39. The molecule has 0 bridgehead atoms. The quantitative estimate of drug-likeness (QED) is 0.697. The Morgan fingerprint density at radius 2 is 1.96 bits per heavy atom. The molecule has 1 unspecified atom stereocenters. The summed E-state index contributed by atoms with van der Waals surface area (Å²) in [6, 6.07) is 12.3. The number of H-pyrrole nitrogens is 1. The van der Waals surface area contributed by atoms with E-state index in [1.165, 1.54) is 12.1 Å². The van der Waals surface area contributed by atoms with Crippen molar-refractivity contribution in [3.05, 3.63) is 76.0 Å². The van der Waals surface area contributed by atoms with E-state index in [2.05, 4.69) is 11.9 Å². The van der Waals surface area contributed by atoms with Crippen LogP contribution in [-0.4, -0.2) is 17.1 Å². The van der Waals surface area contributed by atoms with Gasteiger partial charge in [-0.3, -0.25) is 4.79 Å². The third kappa shape index (κ3) is 3.10. The molecule has 1 aromatic heterocycles. The first kappa shape index (κ1) is 18.7. The summed E-state index contributed by atoms with van der Waals surface area (Å²) in [7, 11) is 0. The molecule has 1 fully saturated rings. The van der Waals surface area contributed by atoms with Gasteiger partial charge in [-0.1, -0.05) is 19.1 Å². The normalized spacial score (nSPS) is 22.6. The maximum atomic E-state index is 13.4. The van der Waals surface area contributed by atoms with Crippen molar-refractivity contribution in [2.45, 2.75) is 50.7 Å². The molecule has 28 heavy (non-hydrogen) atoms. The van der Waals surface area contributed by atoms with Gasteiger partial charge in [0.25, 0.3) is 5.56 Å². The van der Waals surface area contributed by atoms with Gasteiger partial charge in [0, 0.05) is 23.0 Å². The summed E-state index contributed by atoms with van der Waals surface area (Å²) in [5.74, 6) is 0.554. The molecule has 0 radical (unpaired) electrons. The summed E-state index contributed by atoms with van der Waals surface area (Å²) in [6.45, 7) is 4.03. The number of nitrogens with two attached hydrogens (primary N) is 1. The number of fused-ring (bicyclic) bond motifs is 1. The van der Waals surface area contributed by atoms with Crippen LogP contribution in [0.15, 0.2) is 53.5 Å². The molecular weight excluding hydrogens is 355 g/mol. The van der Waals surface area contributed by atoms with Crippen LogP contribution in [0.5, 0.6) is 5.75 Å². The number of ether oxygens (including phenoxy) is 1. The molecular formula is C23H25FN2O2. The van der Waals surface area contributed by atoms with Gasteiger partial charge in [0.2, 0.25) is 0 Å². The number of pyridine rings is 1. The van der Waals surface area contributed by atoms with Crippen LogP contribution in [0.1, 0.15) is 37.3 Å². The van der Waals surface area contributed by atoms with Crippen LogP contribution in [0.3, 0.4) is 0 Å². The molecule has 1 aliphatic rings. The topological polar surface area (TPSA) is 68.1 Å². The molecule has 0 saturated heterocycles. The van der Waals surface area contributed by atoms with E-state index in [1.807, 2.05) is 37.3 Å². The molecule has 1 atom stereocenters. The maximum Gasteiger partial charge on any atom is 0.255 e. The minimum Gasteiger partial charge on any atom is -0.490 e. The average molecular weight is 380 g/mol. The van der Waals surface area contributed by atoms with Gasteiger partial charge < -0.3 is 15.5 Å². The Hall–Kier alpha value is -2.66. The zero-order valence-electron chi connectivity index (χ0n) is 16.2. The van der Waals surface area contributed by atoms with Crippen molar-refractivity contribution in [3.8, 4) is 5.75 Å². The lowest BCUT2D eigenvalue weighted by Gasteiger charge is -2.51. The molecule has 2 aromatic carbocycles. The van der Waals surface area contributed by atoms with Crippen molar-refractivity contribution in [1.82, 2.24) is 4.98 Å². The summed E-state index contributed by atoms with van der Waals surface area (Å²) < 4.78 is 19.6. The van der Waals surface area contributed by atoms with Gasteiger partial charge in [0.05, 0.1) is 0 Å². The van der Waals surface area contributed by atoms with E-state index in [0.29, 0.717) is 5.39 Å². The third-order valence-corrected chi connectivity index (χ3v) is 6.12. The van der Waals surface area contributed by atoms with Crippen LogP contribution in [0.2, 0.25) is 0 Å². The van der Waals surface area contributed by atoms with E-state index in [4.69, 9.17) is 10.5 Å². The number of aromatic amines is 1. The van der Waals surface area contributed by atoms with Crippen LogP contribution in [0.4, 0.5) is 4.39 Å². The number of nitrogens with one attached hydrogen (secondary N) is 1. The second-order valence-electron chi connectivity index (χ2n) is 7.84. The predicted octanol–water partition coefficient (Wildman–Crippen LogP) is 4.19. The van der Waals surface area contributed by atoms with E-state index in [1.54, 1.807) is 6.20 Å². The zero-order chi connectivity index (χ0) is 19.9. The van der Waals surface area contributed by atoms with Crippen LogP contribution < -0.4 is 16.0 Å². The molecule has 5 heteroatoms. The minimum atomic E-state index is -0.238. The summed E-state index contributed by atoms with van der Waals surface area (Å²) in [5.41, 5.74) is 8.20. The molecule has 0 amide bonds. The number of hydrogen-bond acceptors (Lipinski definition) is 3. The molecule has 1 saturated carbocycles. The van der Waals surface area contributed by atoms with Gasteiger partial charge in [-0.15, -0.1) is 0 Å². The van der Waals surface area contributed by atoms with E-state index in [-0.39, 0.29) is 28.9 Å². The van der Waals surface area contributed by atoms with Gasteiger partial charge in [0.15, 0.2) is 0 Å². The molecule has 4 nitrogen and oxygen atoms in total.